The second-order valence-electron chi connectivity index (χ2n) is 8.73. The zero-order valence-corrected chi connectivity index (χ0v) is 16.8. The van der Waals surface area contributed by atoms with Crippen molar-refractivity contribution in [2.45, 2.75) is 58.0 Å². The molecule has 1 heterocycles. The first-order chi connectivity index (χ1) is 13.1. The van der Waals surface area contributed by atoms with Gasteiger partial charge in [-0.05, 0) is 98.7 Å². The normalized spacial score (nSPS) is 24.4. The van der Waals surface area contributed by atoms with E-state index in [1.165, 1.54) is 54.6 Å². The molecule has 0 bridgehead atoms. The van der Waals surface area contributed by atoms with Gasteiger partial charge in [-0.1, -0.05) is 42.5 Å². The van der Waals surface area contributed by atoms with Gasteiger partial charge in [-0.3, -0.25) is 0 Å². The number of aliphatic hydroxyl groups is 1. The Kier molecular flexibility index (Phi) is 5.66. The second-order valence-corrected chi connectivity index (χ2v) is 8.73. The summed E-state index contributed by atoms with van der Waals surface area (Å²) in [6, 6.07) is 15.3. The van der Waals surface area contributed by atoms with Gasteiger partial charge in [0.05, 0.1) is 6.10 Å². The molecule has 2 atom stereocenters. The Morgan fingerprint density at radius 3 is 2.37 bits per heavy atom. The molecule has 1 aliphatic carbocycles. The van der Waals surface area contributed by atoms with E-state index < -0.39 is 0 Å². The van der Waals surface area contributed by atoms with E-state index in [1.807, 2.05) is 0 Å². The van der Waals surface area contributed by atoms with Crippen LogP contribution in [0, 0.1) is 19.8 Å². The van der Waals surface area contributed by atoms with Crippen LogP contribution in [0.1, 0.15) is 65.5 Å². The van der Waals surface area contributed by atoms with Gasteiger partial charge in [0.15, 0.2) is 0 Å². The first-order valence-corrected chi connectivity index (χ1v) is 10.7. The number of nitrogens with zero attached hydrogens (tertiary/aromatic N) is 1. The van der Waals surface area contributed by atoms with Crippen molar-refractivity contribution in [3.05, 3.63) is 70.3 Å². The van der Waals surface area contributed by atoms with Crippen molar-refractivity contribution >= 4 is 0 Å². The molecule has 1 saturated heterocycles. The molecule has 4 rings (SSSR count). The number of fused-ring (bicyclic) bond motifs is 1. The molecule has 1 aliphatic heterocycles. The van der Waals surface area contributed by atoms with E-state index in [1.54, 1.807) is 5.56 Å². The van der Waals surface area contributed by atoms with Crippen molar-refractivity contribution in [1.82, 2.24) is 4.90 Å². The maximum Gasteiger partial charge on any atom is 0.0795 e. The van der Waals surface area contributed by atoms with Crippen LogP contribution in [-0.4, -0.2) is 29.6 Å². The van der Waals surface area contributed by atoms with Crippen LogP contribution in [0.4, 0.5) is 0 Å². The van der Waals surface area contributed by atoms with E-state index in [-0.39, 0.29) is 6.10 Å². The Morgan fingerprint density at radius 1 is 0.889 bits per heavy atom. The van der Waals surface area contributed by atoms with E-state index in [2.05, 4.69) is 61.2 Å². The fourth-order valence-corrected chi connectivity index (χ4v) is 5.29. The number of likely N-dealkylation sites (tertiary alicyclic amines) is 1. The van der Waals surface area contributed by atoms with Crippen LogP contribution < -0.4 is 0 Å². The summed E-state index contributed by atoms with van der Waals surface area (Å²) in [6.07, 6.45) is 5.46. The number of benzene rings is 2. The third kappa shape index (κ3) is 4.12. The second kappa shape index (κ2) is 8.16. The Morgan fingerprint density at radius 2 is 1.59 bits per heavy atom. The van der Waals surface area contributed by atoms with Gasteiger partial charge in [0, 0.05) is 6.54 Å². The lowest BCUT2D eigenvalue weighted by molar-refractivity contribution is 0.117. The SMILES string of the molecule is Cc1ccccc1C1CCN(C[C@@H]2CCc3c(C)cccc3[C@H](O)C2)CC1. The average Bonchev–Trinajstić information content (AvgIpc) is 2.83. The molecule has 144 valence electrons. The molecule has 2 heteroatoms. The Labute approximate surface area is 164 Å². The zero-order valence-electron chi connectivity index (χ0n) is 16.8. The predicted molar refractivity (Wildman–Crippen MR) is 112 cm³/mol. The van der Waals surface area contributed by atoms with E-state index in [0.29, 0.717) is 11.8 Å². The molecule has 0 spiro atoms. The molecule has 2 aromatic rings. The van der Waals surface area contributed by atoms with Crippen molar-refractivity contribution in [2.24, 2.45) is 5.92 Å². The van der Waals surface area contributed by atoms with Gasteiger partial charge < -0.3 is 10.0 Å². The lowest BCUT2D eigenvalue weighted by Crippen LogP contribution is -2.37. The van der Waals surface area contributed by atoms with Crippen LogP contribution in [0.5, 0.6) is 0 Å². The van der Waals surface area contributed by atoms with E-state index in [0.717, 1.165) is 19.4 Å². The first-order valence-electron chi connectivity index (χ1n) is 10.7. The minimum absolute atomic E-state index is 0.295. The highest BCUT2D eigenvalue weighted by Crippen LogP contribution is 2.35. The monoisotopic (exact) mass is 363 g/mol. The van der Waals surface area contributed by atoms with Crippen molar-refractivity contribution in [3.63, 3.8) is 0 Å². The van der Waals surface area contributed by atoms with Gasteiger partial charge in [0.25, 0.3) is 0 Å². The van der Waals surface area contributed by atoms with Crippen LogP contribution in [-0.2, 0) is 6.42 Å². The van der Waals surface area contributed by atoms with E-state index >= 15 is 0 Å². The van der Waals surface area contributed by atoms with Crippen LogP contribution in [0.15, 0.2) is 42.5 Å². The summed E-state index contributed by atoms with van der Waals surface area (Å²) in [7, 11) is 0. The molecule has 0 radical (unpaired) electrons. The van der Waals surface area contributed by atoms with Crippen LogP contribution in [0.2, 0.25) is 0 Å². The van der Waals surface area contributed by atoms with Crippen LogP contribution in [0.25, 0.3) is 0 Å². The molecule has 0 unspecified atom stereocenters. The van der Waals surface area contributed by atoms with Crippen LogP contribution in [0.3, 0.4) is 0 Å². The standard InChI is InChI=1S/C25H33NO/c1-18-6-3-4-8-22(18)21-12-14-26(15-13-21)17-20-10-11-23-19(2)7-5-9-24(23)25(27)16-20/h3-9,20-21,25,27H,10-17H2,1-2H3/t20-,25-/m1/s1. The van der Waals surface area contributed by atoms with Gasteiger partial charge in [0.2, 0.25) is 0 Å². The fourth-order valence-electron chi connectivity index (χ4n) is 5.29. The lowest BCUT2D eigenvalue weighted by Gasteiger charge is -2.35. The molecule has 2 nitrogen and oxygen atoms in total. The lowest BCUT2D eigenvalue weighted by atomic mass is 9.86. The number of hydrogen-bond donors (Lipinski definition) is 1. The highest BCUT2D eigenvalue weighted by Gasteiger charge is 2.27. The molecular formula is C25H33NO. The van der Waals surface area contributed by atoms with E-state index in [9.17, 15) is 5.11 Å². The van der Waals surface area contributed by atoms with Gasteiger partial charge in [-0.15, -0.1) is 0 Å². The predicted octanol–water partition coefficient (Wildman–Crippen LogP) is 5.17. The smallest absolute Gasteiger partial charge is 0.0795 e. The molecule has 0 saturated carbocycles. The van der Waals surface area contributed by atoms with Gasteiger partial charge in [-0.2, -0.15) is 0 Å². The largest absolute Gasteiger partial charge is 0.388 e. The highest BCUT2D eigenvalue weighted by molar-refractivity contribution is 5.37. The number of piperidine rings is 1. The molecular weight excluding hydrogens is 330 g/mol. The highest BCUT2D eigenvalue weighted by atomic mass is 16.3. The van der Waals surface area contributed by atoms with Crippen molar-refractivity contribution in [1.29, 1.82) is 0 Å². The molecule has 27 heavy (non-hydrogen) atoms. The summed E-state index contributed by atoms with van der Waals surface area (Å²) in [5.41, 5.74) is 6.90. The van der Waals surface area contributed by atoms with Gasteiger partial charge in [-0.25, -0.2) is 0 Å². The number of hydrogen-bond acceptors (Lipinski definition) is 2. The summed E-state index contributed by atoms with van der Waals surface area (Å²) in [5, 5.41) is 10.8. The number of aliphatic hydroxyl groups excluding tert-OH is 1. The molecule has 1 fully saturated rings. The summed E-state index contributed by atoms with van der Waals surface area (Å²) < 4.78 is 0. The first kappa shape index (κ1) is 18.7. The number of aryl methyl sites for hydroxylation is 2. The Hall–Kier alpha value is -1.64. The fraction of sp³-hybridized carbons (Fsp3) is 0.520. The third-order valence-corrected chi connectivity index (χ3v) is 6.90. The quantitative estimate of drug-likeness (QED) is 0.761. The van der Waals surface area contributed by atoms with Gasteiger partial charge in [0.1, 0.15) is 0 Å². The van der Waals surface area contributed by atoms with E-state index in [4.69, 9.17) is 0 Å². The van der Waals surface area contributed by atoms with Crippen molar-refractivity contribution < 1.29 is 5.11 Å². The third-order valence-electron chi connectivity index (χ3n) is 6.90. The average molecular weight is 364 g/mol. The Bertz CT molecular complexity index is 776. The minimum atomic E-state index is -0.295. The summed E-state index contributed by atoms with van der Waals surface area (Å²) in [6.45, 7) is 7.95. The summed E-state index contributed by atoms with van der Waals surface area (Å²) in [5.74, 6) is 1.32. The molecule has 2 aromatic carbocycles. The Balaban J connectivity index is 1.35. The molecule has 2 aliphatic rings. The zero-order chi connectivity index (χ0) is 18.8. The summed E-state index contributed by atoms with van der Waals surface area (Å²) in [4.78, 5) is 2.65. The van der Waals surface area contributed by atoms with Crippen molar-refractivity contribution in [3.8, 4) is 0 Å². The molecule has 0 amide bonds. The van der Waals surface area contributed by atoms with Gasteiger partial charge >= 0.3 is 0 Å². The maximum absolute atomic E-state index is 10.8. The topological polar surface area (TPSA) is 23.5 Å². The molecule has 1 N–H and O–H groups in total. The summed E-state index contributed by atoms with van der Waals surface area (Å²) >= 11 is 0. The minimum Gasteiger partial charge on any atom is -0.388 e. The maximum atomic E-state index is 10.8. The number of rotatable bonds is 3. The van der Waals surface area contributed by atoms with Crippen molar-refractivity contribution in [2.75, 3.05) is 19.6 Å². The van der Waals surface area contributed by atoms with Crippen LogP contribution >= 0.6 is 0 Å². The molecule has 0 aromatic heterocycles.